The highest BCUT2D eigenvalue weighted by molar-refractivity contribution is 5.87. The van der Waals surface area contributed by atoms with Crippen LogP contribution in [0.2, 0.25) is 0 Å². The molecule has 2 unspecified atom stereocenters. The van der Waals surface area contributed by atoms with Crippen molar-refractivity contribution in [3.63, 3.8) is 0 Å². The summed E-state index contributed by atoms with van der Waals surface area (Å²) in [7, 11) is 1.69. The molecule has 14 heavy (non-hydrogen) atoms. The highest BCUT2D eigenvalue weighted by Gasteiger charge is 2.27. The van der Waals surface area contributed by atoms with Crippen molar-refractivity contribution in [3.05, 3.63) is 12.2 Å². The zero-order valence-corrected chi connectivity index (χ0v) is 9.96. The van der Waals surface area contributed by atoms with Crippen molar-refractivity contribution >= 4 is 5.78 Å². The van der Waals surface area contributed by atoms with Gasteiger partial charge < -0.3 is 4.74 Å². The van der Waals surface area contributed by atoms with Gasteiger partial charge in [0.1, 0.15) is 0 Å². The minimum atomic E-state index is -0.318. The molecule has 0 aliphatic carbocycles. The molecular weight excluding hydrogens is 176 g/mol. The number of hydrogen-bond acceptors (Lipinski definition) is 2. The van der Waals surface area contributed by atoms with Crippen LogP contribution in [0.4, 0.5) is 0 Å². The van der Waals surface area contributed by atoms with Gasteiger partial charge in [0.05, 0.1) is 5.60 Å². The highest BCUT2D eigenvalue weighted by Crippen LogP contribution is 2.26. The predicted octanol–water partition coefficient (Wildman–Crippen LogP) is 2.97. The molecule has 0 aliphatic heterocycles. The molecule has 0 bridgehead atoms. The Morgan fingerprint density at radius 3 is 2.50 bits per heavy atom. The van der Waals surface area contributed by atoms with Crippen LogP contribution in [0.5, 0.6) is 0 Å². The van der Waals surface area contributed by atoms with Gasteiger partial charge in [0.25, 0.3) is 0 Å². The zero-order chi connectivity index (χ0) is 11.2. The standard InChI is InChI=1S/C12H22O2/c1-6-7-10(2)12(4,14-5)9-8-11(3)13/h8-10H,6-7H2,1-5H3/b9-8+. The predicted molar refractivity (Wildman–Crippen MR) is 59.3 cm³/mol. The molecule has 0 aliphatic rings. The van der Waals surface area contributed by atoms with Gasteiger partial charge >= 0.3 is 0 Å². The fourth-order valence-corrected chi connectivity index (χ4v) is 1.44. The molecule has 0 rings (SSSR count). The van der Waals surface area contributed by atoms with Crippen molar-refractivity contribution in [1.29, 1.82) is 0 Å². The van der Waals surface area contributed by atoms with Crippen molar-refractivity contribution in [2.24, 2.45) is 5.92 Å². The number of carbonyl (C=O) groups is 1. The van der Waals surface area contributed by atoms with Crippen molar-refractivity contribution in [2.45, 2.75) is 46.1 Å². The van der Waals surface area contributed by atoms with Crippen LogP contribution in [0.15, 0.2) is 12.2 Å². The molecule has 2 heteroatoms. The van der Waals surface area contributed by atoms with Crippen LogP contribution >= 0.6 is 0 Å². The van der Waals surface area contributed by atoms with E-state index in [0.29, 0.717) is 5.92 Å². The topological polar surface area (TPSA) is 26.3 Å². The highest BCUT2D eigenvalue weighted by atomic mass is 16.5. The monoisotopic (exact) mass is 198 g/mol. The van der Waals surface area contributed by atoms with E-state index in [1.54, 1.807) is 20.1 Å². The number of methoxy groups -OCH3 is 1. The van der Waals surface area contributed by atoms with Crippen molar-refractivity contribution < 1.29 is 9.53 Å². The molecule has 0 fully saturated rings. The Kier molecular flexibility index (Phi) is 5.70. The molecule has 2 nitrogen and oxygen atoms in total. The van der Waals surface area contributed by atoms with E-state index in [9.17, 15) is 4.79 Å². The van der Waals surface area contributed by atoms with E-state index in [0.717, 1.165) is 12.8 Å². The van der Waals surface area contributed by atoms with E-state index in [1.807, 2.05) is 13.0 Å². The van der Waals surface area contributed by atoms with Crippen LogP contribution in [-0.4, -0.2) is 18.5 Å². The Morgan fingerprint density at radius 1 is 1.57 bits per heavy atom. The lowest BCUT2D eigenvalue weighted by Gasteiger charge is -2.31. The lowest BCUT2D eigenvalue weighted by molar-refractivity contribution is -0.112. The Bertz CT molecular complexity index is 208. The molecule has 0 aromatic rings. The van der Waals surface area contributed by atoms with Gasteiger partial charge in [0, 0.05) is 7.11 Å². The first-order valence-corrected chi connectivity index (χ1v) is 5.21. The van der Waals surface area contributed by atoms with Gasteiger partial charge in [0.15, 0.2) is 5.78 Å². The first-order chi connectivity index (χ1) is 6.46. The molecule has 82 valence electrons. The molecule has 0 aromatic carbocycles. The second kappa shape index (κ2) is 5.97. The third kappa shape index (κ3) is 4.05. The van der Waals surface area contributed by atoms with Gasteiger partial charge in [-0.1, -0.05) is 20.3 Å². The molecule has 0 N–H and O–H groups in total. The summed E-state index contributed by atoms with van der Waals surface area (Å²) in [5, 5.41) is 0. The normalized spacial score (nSPS) is 18.1. The Balaban J connectivity index is 4.52. The lowest BCUT2D eigenvalue weighted by atomic mass is 9.86. The summed E-state index contributed by atoms with van der Waals surface area (Å²) in [5.41, 5.74) is -0.318. The quantitative estimate of drug-likeness (QED) is 0.613. The number of carbonyl (C=O) groups excluding carboxylic acids is 1. The first-order valence-electron chi connectivity index (χ1n) is 5.21. The average Bonchev–Trinajstić information content (AvgIpc) is 2.14. The molecule has 0 aromatic heterocycles. The number of rotatable bonds is 6. The van der Waals surface area contributed by atoms with Crippen LogP contribution in [0.3, 0.4) is 0 Å². The van der Waals surface area contributed by atoms with Crippen LogP contribution in [-0.2, 0) is 9.53 Å². The summed E-state index contributed by atoms with van der Waals surface area (Å²) in [6, 6.07) is 0. The van der Waals surface area contributed by atoms with Crippen LogP contribution in [0, 0.1) is 5.92 Å². The number of ether oxygens (including phenoxy) is 1. The van der Waals surface area contributed by atoms with E-state index < -0.39 is 0 Å². The van der Waals surface area contributed by atoms with Crippen molar-refractivity contribution in [3.8, 4) is 0 Å². The maximum atomic E-state index is 10.8. The summed E-state index contributed by atoms with van der Waals surface area (Å²) in [6.45, 7) is 7.88. The van der Waals surface area contributed by atoms with Gasteiger partial charge in [-0.2, -0.15) is 0 Å². The minimum Gasteiger partial charge on any atom is -0.374 e. The maximum absolute atomic E-state index is 10.8. The van der Waals surface area contributed by atoms with Gasteiger partial charge in [-0.3, -0.25) is 4.79 Å². The molecule has 0 radical (unpaired) electrons. The third-order valence-corrected chi connectivity index (χ3v) is 2.79. The number of hydrogen-bond donors (Lipinski definition) is 0. The smallest absolute Gasteiger partial charge is 0.152 e. The van der Waals surface area contributed by atoms with E-state index >= 15 is 0 Å². The van der Waals surface area contributed by atoms with E-state index in [-0.39, 0.29) is 11.4 Å². The summed E-state index contributed by atoms with van der Waals surface area (Å²) >= 11 is 0. The van der Waals surface area contributed by atoms with E-state index in [4.69, 9.17) is 4.74 Å². The Morgan fingerprint density at radius 2 is 2.14 bits per heavy atom. The van der Waals surface area contributed by atoms with Gasteiger partial charge in [-0.05, 0) is 38.3 Å². The molecule has 0 saturated carbocycles. The SMILES string of the molecule is CCCC(C)C(C)(/C=C/C(C)=O)OC. The third-order valence-electron chi connectivity index (χ3n) is 2.79. The lowest BCUT2D eigenvalue weighted by Crippen LogP contribution is -2.33. The first kappa shape index (κ1) is 13.4. The summed E-state index contributed by atoms with van der Waals surface area (Å²) < 4.78 is 5.46. The fourth-order valence-electron chi connectivity index (χ4n) is 1.44. The molecule has 0 spiro atoms. The van der Waals surface area contributed by atoms with Crippen LogP contribution < -0.4 is 0 Å². The average molecular weight is 198 g/mol. The molecule has 2 atom stereocenters. The number of ketones is 1. The largest absolute Gasteiger partial charge is 0.374 e. The zero-order valence-electron chi connectivity index (χ0n) is 9.96. The summed E-state index contributed by atoms with van der Waals surface area (Å²) in [6.07, 6.45) is 5.70. The Hall–Kier alpha value is -0.630. The van der Waals surface area contributed by atoms with Crippen LogP contribution in [0.1, 0.15) is 40.5 Å². The van der Waals surface area contributed by atoms with Crippen LogP contribution in [0.25, 0.3) is 0 Å². The van der Waals surface area contributed by atoms with E-state index in [2.05, 4.69) is 13.8 Å². The summed E-state index contributed by atoms with van der Waals surface area (Å²) in [5.74, 6) is 0.491. The van der Waals surface area contributed by atoms with Gasteiger partial charge in [0.2, 0.25) is 0 Å². The molecule has 0 amide bonds. The van der Waals surface area contributed by atoms with Crippen molar-refractivity contribution in [1.82, 2.24) is 0 Å². The second-order valence-corrected chi connectivity index (χ2v) is 4.02. The fraction of sp³-hybridized carbons (Fsp3) is 0.750. The molecule has 0 saturated heterocycles. The number of allylic oxidation sites excluding steroid dienone is 1. The van der Waals surface area contributed by atoms with Gasteiger partial charge in [-0.25, -0.2) is 0 Å². The summed E-state index contributed by atoms with van der Waals surface area (Å²) in [4.78, 5) is 10.8. The second-order valence-electron chi connectivity index (χ2n) is 4.02. The van der Waals surface area contributed by atoms with Gasteiger partial charge in [-0.15, -0.1) is 0 Å². The molecular formula is C12H22O2. The maximum Gasteiger partial charge on any atom is 0.152 e. The van der Waals surface area contributed by atoms with Crippen molar-refractivity contribution in [2.75, 3.05) is 7.11 Å². The Labute approximate surface area is 87.3 Å². The van der Waals surface area contributed by atoms with E-state index in [1.165, 1.54) is 0 Å². The molecule has 0 heterocycles. The minimum absolute atomic E-state index is 0.0666.